The first-order valence-corrected chi connectivity index (χ1v) is 6.75. The summed E-state index contributed by atoms with van der Waals surface area (Å²) in [7, 11) is 0. The van der Waals surface area contributed by atoms with Crippen molar-refractivity contribution < 1.29 is 4.39 Å². The second kappa shape index (κ2) is 4.13. The highest BCUT2D eigenvalue weighted by Gasteiger charge is 2.52. The molecule has 4 heteroatoms. The topological polar surface area (TPSA) is 30.7 Å². The minimum atomic E-state index is -0.194. The van der Waals surface area contributed by atoms with Crippen molar-refractivity contribution in [3.05, 3.63) is 66.5 Å². The molecule has 0 amide bonds. The van der Waals surface area contributed by atoms with Gasteiger partial charge in [0.05, 0.1) is 6.54 Å². The Morgan fingerprint density at radius 3 is 3.15 bits per heavy atom. The van der Waals surface area contributed by atoms with Crippen LogP contribution < -0.4 is 0 Å². The van der Waals surface area contributed by atoms with Crippen molar-refractivity contribution in [2.45, 2.75) is 13.0 Å². The van der Waals surface area contributed by atoms with E-state index in [0.717, 1.165) is 24.1 Å². The van der Waals surface area contributed by atoms with Crippen molar-refractivity contribution in [3.63, 3.8) is 0 Å². The number of hydrogen-bond acceptors (Lipinski definition) is 2. The summed E-state index contributed by atoms with van der Waals surface area (Å²) in [6.07, 6.45) is 11.0. The van der Waals surface area contributed by atoms with E-state index in [1.165, 1.54) is 6.07 Å². The molecular formula is C16H14FN3. The molecule has 0 N–H and O–H groups in total. The maximum absolute atomic E-state index is 13.4. The Kier molecular flexibility index (Phi) is 2.39. The van der Waals surface area contributed by atoms with Crippen LogP contribution in [0.4, 0.5) is 4.39 Å². The monoisotopic (exact) mass is 267 g/mol. The maximum atomic E-state index is 13.4. The van der Waals surface area contributed by atoms with Crippen LogP contribution in [-0.4, -0.2) is 14.8 Å². The summed E-state index contributed by atoms with van der Waals surface area (Å²) in [5.74, 6) is 0.379. The van der Waals surface area contributed by atoms with Crippen molar-refractivity contribution in [3.8, 4) is 0 Å². The molecule has 100 valence electrons. The second-order valence-electron chi connectivity index (χ2n) is 5.61. The van der Waals surface area contributed by atoms with Gasteiger partial charge in [-0.15, -0.1) is 0 Å². The van der Waals surface area contributed by atoms with Crippen LogP contribution in [0.15, 0.2) is 55.1 Å². The van der Waals surface area contributed by atoms with Crippen molar-refractivity contribution in [2.24, 2.45) is 11.3 Å². The van der Waals surface area contributed by atoms with E-state index in [-0.39, 0.29) is 11.2 Å². The van der Waals surface area contributed by atoms with E-state index in [1.807, 2.05) is 10.7 Å². The molecule has 1 aromatic heterocycles. The van der Waals surface area contributed by atoms with Gasteiger partial charge in [0.2, 0.25) is 0 Å². The zero-order valence-corrected chi connectivity index (χ0v) is 10.9. The summed E-state index contributed by atoms with van der Waals surface area (Å²) in [5, 5.41) is 4.19. The van der Waals surface area contributed by atoms with Crippen LogP contribution in [0.5, 0.6) is 0 Å². The van der Waals surface area contributed by atoms with Gasteiger partial charge in [0.25, 0.3) is 0 Å². The van der Waals surface area contributed by atoms with Gasteiger partial charge in [-0.2, -0.15) is 5.10 Å². The Morgan fingerprint density at radius 2 is 2.35 bits per heavy atom. The number of fused-ring (bicyclic) bond motifs is 1. The van der Waals surface area contributed by atoms with Crippen LogP contribution in [0.3, 0.4) is 0 Å². The molecule has 0 bridgehead atoms. The van der Waals surface area contributed by atoms with Crippen LogP contribution in [0.2, 0.25) is 0 Å². The summed E-state index contributed by atoms with van der Waals surface area (Å²) in [4.78, 5) is 3.99. The zero-order valence-electron chi connectivity index (χ0n) is 10.9. The normalized spacial score (nSPS) is 27.1. The Labute approximate surface area is 116 Å². The molecule has 1 heterocycles. The molecule has 2 unspecified atom stereocenters. The maximum Gasteiger partial charge on any atom is 0.137 e. The van der Waals surface area contributed by atoms with E-state index in [9.17, 15) is 4.39 Å². The SMILES string of the molecule is Fc1cccc(C2=CC3(Cn4cncn4)CC3C=C2)c1. The van der Waals surface area contributed by atoms with E-state index in [4.69, 9.17) is 0 Å². The van der Waals surface area contributed by atoms with Gasteiger partial charge in [0.1, 0.15) is 18.5 Å². The van der Waals surface area contributed by atoms with Crippen molar-refractivity contribution in [1.82, 2.24) is 14.8 Å². The number of aromatic nitrogens is 3. The molecule has 2 atom stereocenters. The molecule has 2 aromatic rings. The van der Waals surface area contributed by atoms with E-state index in [1.54, 1.807) is 24.8 Å². The standard InChI is InChI=1S/C16H14FN3/c17-15-3-1-2-12(6-15)13-4-5-14-8-16(14,7-13)9-20-11-18-10-19-20/h1-7,10-11,14H,8-9H2. The Bertz CT molecular complexity index is 702. The summed E-state index contributed by atoms with van der Waals surface area (Å²) in [5.41, 5.74) is 2.16. The van der Waals surface area contributed by atoms with Gasteiger partial charge >= 0.3 is 0 Å². The minimum absolute atomic E-state index is 0.129. The first-order chi connectivity index (χ1) is 9.75. The number of nitrogens with zero attached hydrogens (tertiary/aromatic N) is 3. The number of rotatable bonds is 3. The molecule has 1 fully saturated rings. The quantitative estimate of drug-likeness (QED) is 0.855. The van der Waals surface area contributed by atoms with Gasteiger partial charge in [-0.3, -0.25) is 4.68 Å². The number of hydrogen-bond donors (Lipinski definition) is 0. The van der Waals surface area contributed by atoms with Crippen LogP contribution in [0.1, 0.15) is 12.0 Å². The summed E-state index contributed by atoms with van der Waals surface area (Å²) < 4.78 is 15.2. The lowest BCUT2D eigenvalue weighted by atomic mass is 9.91. The molecule has 0 radical (unpaired) electrons. The number of halogens is 1. The zero-order chi connectivity index (χ0) is 13.6. The van der Waals surface area contributed by atoms with Gasteiger partial charge in [-0.05, 0) is 35.6 Å². The second-order valence-corrected chi connectivity index (χ2v) is 5.61. The van der Waals surface area contributed by atoms with Crippen molar-refractivity contribution >= 4 is 5.57 Å². The highest BCUT2D eigenvalue weighted by Crippen LogP contribution is 2.59. The van der Waals surface area contributed by atoms with Crippen molar-refractivity contribution in [1.29, 1.82) is 0 Å². The third-order valence-corrected chi connectivity index (χ3v) is 4.21. The molecular weight excluding hydrogens is 253 g/mol. The number of benzene rings is 1. The predicted octanol–water partition coefficient (Wildman–Crippen LogP) is 3.08. The van der Waals surface area contributed by atoms with Gasteiger partial charge in [0.15, 0.2) is 0 Å². The predicted molar refractivity (Wildman–Crippen MR) is 74.1 cm³/mol. The molecule has 0 saturated heterocycles. The van der Waals surface area contributed by atoms with Gasteiger partial charge < -0.3 is 0 Å². The largest absolute Gasteiger partial charge is 0.252 e. The fraction of sp³-hybridized carbons (Fsp3) is 0.250. The molecule has 1 aromatic carbocycles. The lowest BCUT2D eigenvalue weighted by Crippen LogP contribution is -2.14. The Morgan fingerprint density at radius 1 is 1.40 bits per heavy atom. The smallest absolute Gasteiger partial charge is 0.137 e. The van der Waals surface area contributed by atoms with Crippen LogP contribution in [-0.2, 0) is 6.54 Å². The first kappa shape index (κ1) is 11.6. The molecule has 2 aliphatic carbocycles. The van der Waals surface area contributed by atoms with Crippen molar-refractivity contribution in [2.75, 3.05) is 0 Å². The van der Waals surface area contributed by atoms with Crippen LogP contribution in [0.25, 0.3) is 5.57 Å². The molecule has 20 heavy (non-hydrogen) atoms. The lowest BCUT2D eigenvalue weighted by Gasteiger charge is -2.17. The van der Waals surface area contributed by atoms with E-state index in [2.05, 4.69) is 28.3 Å². The minimum Gasteiger partial charge on any atom is -0.252 e. The average molecular weight is 267 g/mol. The summed E-state index contributed by atoms with van der Waals surface area (Å²) in [6.45, 7) is 0.834. The fourth-order valence-electron chi connectivity index (χ4n) is 3.04. The molecule has 2 aliphatic rings. The Hall–Kier alpha value is -2.23. The first-order valence-electron chi connectivity index (χ1n) is 6.75. The molecule has 1 saturated carbocycles. The van der Waals surface area contributed by atoms with E-state index in [0.29, 0.717) is 5.92 Å². The molecule has 0 aliphatic heterocycles. The van der Waals surface area contributed by atoms with E-state index < -0.39 is 0 Å². The average Bonchev–Trinajstić information content (AvgIpc) is 2.92. The highest BCUT2D eigenvalue weighted by atomic mass is 19.1. The third-order valence-electron chi connectivity index (χ3n) is 4.21. The van der Waals surface area contributed by atoms with Gasteiger partial charge in [-0.1, -0.05) is 30.4 Å². The van der Waals surface area contributed by atoms with Gasteiger partial charge in [-0.25, -0.2) is 9.37 Å². The highest BCUT2D eigenvalue weighted by molar-refractivity contribution is 5.76. The fourth-order valence-corrected chi connectivity index (χ4v) is 3.04. The Balaban J connectivity index is 1.66. The molecule has 0 spiro atoms. The lowest BCUT2D eigenvalue weighted by molar-refractivity contribution is 0.455. The third kappa shape index (κ3) is 1.88. The molecule has 4 rings (SSSR count). The van der Waals surface area contributed by atoms with Gasteiger partial charge in [0, 0.05) is 5.41 Å². The summed E-state index contributed by atoms with van der Waals surface area (Å²) >= 11 is 0. The van der Waals surface area contributed by atoms with E-state index >= 15 is 0 Å². The van der Waals surface area contributed by atoms with Crippen LogP contribution >= 0.6 is 0 Å². The molecule has 3 nitrogen and oxygen atoms in total. The summed E-state index contributed by atoms with van der Waals surface area (Å²) in [6, 6.07) is 6.76. The number of allylic oxidation sites excluding steroid dienone is 4. The van der Waals surface area contributed by atoms with Crippen LogP contribution in [0, 0.1) is 17.2 Å².